The van der Waals surface area contributed by atoms with Crippen molar-refractivity contribution in [1.82, 2.24) is 19.5 Å². The summed E-state index contributed by atoms with van der Waals surface area (Å²) < 4.78 is 1.33. The molecule has 9 heteroatoms. The normalized spacial score (nSPS) is 15.7. The third-order valence-electron chi connectivity index (χ3n) is 6.16. The number of hydrogen-bond acceptors (Lipinski definition) is 7. The number of hydrogen-bond donors (Lipinski definition) is 2. The number of piperidine rings is 1. The van der Waals surface area contributed by atoms with E-state index >= 15 is 0 Å². The van der Waals surface area contributed by atoms with Crippen LogP contribution in [-0.2, 0) is 11.3 Å². The number of rotatable bonds is 7. The van der Waals surface area contributed by atoms with Crippen molar-refractivity contribution >= 4 is 29.0 Å². The van der Waals surface area contributed by atoms with Gasteiger partial charge in [0, 0.05) is 48.2 Å². The monoisotopic (exact) mass is 459 g/mol. The second kappa shape index (κ2) is 9.62. The summed E-state index contributed by atoms with van der Waals surface area (Å²) in [7, 11) is 0. The van der Waals surface area contributed by atoms with E-state index in [-0.39, 0.29) is 18.0 Å². The molecule has 2 aliphatic rings. The Balaban J connectivity index is 1.20. The van der Waals surface area contributed by atoms with Crippen LogP contribution in [0.4, 0.5) is 23.1 Å². The Morgan fingerprint density at radius 1 is 1.03 bits per heavy atom. The van der Waals surface area contributed by atoms with E-state index in [0.717, 1.165) is 48.8 Å². The molecule has 1 amide bonds. The van der Waals surface area contributed by atoms with Gasteiger partial charge in [-0.3, -0.25) is 14.2 Å². The Hall–Kier alpha value is -3.75. The van der Waals surface area contributed by atoms with Gasteiger partial charge < -0.3 is 15.5 Å². The molecule has 0 spiro atoms. The molecule has 1 aliphatic carbocycles. The van der Waals surface area contributed by atoms with Crippen molar-refractivity contribution in [3.05, 3.63) is 64.5 Å². The molecule has 1 aromatic carbocycles. The number of aryl methyl sites for hydroxylation is 1. The first-order chi connectivity index (χ1) is 16.5. The van der Waals surface area contributed by atoms with Gasteiger partial charge in [-0.2, -0.15) is 4.98 Å². The molecular weight excluding hydrogens is 430 g/mol. The van der Waals surface area contributed by atoms with Crippen LogP contribution < -0.4 is 21.1 Å². The van der Waals surface area contributed by atoms with Crippen molar-refractivity contribution in [2.24, 2.45) is 0 Å². The number of aromatic nitrogens is 4. The maximum Gasteiger partial charge on any atom is 0.254 e. The molecule has 9 nitrogen and oxygen atoms in total. The third-order valence-corrected chi connectivity index (χ3v) is 6.16. The van der Waals surface area contributed by atoms with Crippen molar-refractivity contribution in [1.29, 1.82) is 0 Å². The first-order valence-corrected chi connectivity index (χ1v) is 11.9. The third kappa shape index (κ3) is 5.41. The molecule has 1 saturated heterocycles. The first kappa shape index (κ1) is 22.1. The summed E-state index contributed by atoms with van der Waals surface area (Å²) in [4.78, 5) is 40.5. The SMILES string of the molecule is Cc1cc(N2CCCCC2)nc(Nc2ccc(NC(=O)Cn3cnc(C4CC4)cc3=O)cc2)n1. The van der Waals surface area contributed by atoms with Crippen molar-refractivity contribution in [2.75, 3.05) is 28.6 Å². The minimum Gasteiger partial charge on any atom is -0.356 e. The van der Waals surface area contributed by atoms with E-state index in [9.17, 15) is 9.59 Å². The fourth-order valence-corrected chi connectivity index (χ4v) is 4.18. The van der Waals surface area contributed by atoms with Gasteiger partial charge in [-0.05, 0) is 63.3 Å². The maximum absolute atomic E-state index is 12.4. The van der Waals surface area contributed by atoms with Crippen molar-refractivity contribution in [3.63, 3.8) is 0 Å². The number of benzene rings is 1. The van der Waals surface area contributed by atoms with Gasteiger partial charge in [-0.25, -0.2) is 9.97 Å². The van der Waals surface area contributed by atoms with Crippen LogP contribution in [0, 0.1) is 6.92 Å². The van der Waals surface area contributed by atoms with Crippen LogP contribution >= 0.6 is 0 Å². The molecule has 1 saturated carbocycles. The molecule has 0 radical (unpaired) electrons. The summed E-state index contributed by atoms with van der Waals surface area (Å²) in [6.07, 6.45) is 7.28. The molecule has 3 heterocycles. The highest BCUT2D eigenvalue weighted by atomic mass is 16.2. The summed E-state index contributed by atoms with van der Waals surface area (Å²) in [6.45, 7) is 3.95. The lowest BCUT2D eigenvalue weighted by molar-refractivity contribution is -0.116. The fourth-order valence-electron chi connectivity index (χ4n) is 4.18. The minimum absolute atomic E-state index is 0.0762. The Morgan fingerprint density at radius 2 is 1.76 bits per heavy atom. The summed E-state index contributed by atoms with van der Waals surface area (Å²) in [5, 5.41) is 6.08. The van der Waals surface area contributed by atoms with E-state index in [0.29, 0.717) is 17.6 Å². The zero-order valence-electron chi connectivity index (χ0n) is 19.3. The average Bonchev–Trinajstić information content (AvgIpc) is 3.67. The lowest BCUT2D eigenvalue weighted by Crippen LogP contribution is -2.30. The molecule has 2 aromatic heterocycles. The Morgan fingerprint density at radius 3 is 2.47 bits per heavy atom. The van der Waals surface area contributed by atoms with Gasteiger partial charge in [0.1, 0.15) is 12.4 Å². The van der Waals surface area contributed by atoms with E-state index in [2.05, 4.69) is 25.5 Å². The number of anilines is 4. The molecule has 2 fully saturated rings. The van der Waals surface area contributed by atoms with Gasteiger partial charge in [-0.1, -0.05) is 0 Å². The van der Waals surface area contributed by atoms with Gasteiger partial charge in [-0.15, -0.1) is 0 Å². The molecule has 0 atom stereocenters. The highest BCUT2D eigenvalue weighted by Gasteiger charge is 2.25. The Kier molecular flexibility index (Phi) is 6.24. The largest absolute Gasteiger partial charge is 0.356 e. The number of nitrogens with one attached hydrogen (secondary N) is 2. The lowest BCUT2D eigenvalue weighted by Gasteiger charge is -2.28. The quantitative estimate of drug-likeness (QED) is 0.556. The van der Waals surface area contributed by atoms with Crippen LogP contribution in [0.2, 0.25) is 0 Å². The van der Waals surface area contributed by atoms with Crippen molar-refractivity contribution in [2.45, 2.75) is 51.5 Å². The van der Waals surface area contributed by atoms with Crippen molar-refractivity contribution < 1.29 is 4.79 Å². The van der Waals surface area contributed by atoms with Crippen molar-refractivity contribution in [3.8, 4) is 0 Å². The van der Waals surface area contributed by atoms with Gasteiger partial charge >= 0.3 is 0 Å². The number of carbonyl (C=O) groups excluding carboxylic acids is 1. The Labute approximate surface area is 198 Å². The Bertz CT molecular complexity index is 1230. The summed E-state index contributed by atoms with van der Waals surface area (Å²) in [5.41, 5.74) is 3.01. The predicted octanol–water partition coefficient (Wildman–Crippen LogP) is 3.59. The molecule has 1 aliphatic heterocycles. The molecule has 3 aromatic rings. The summed E-state index contributed by atoms with van der Waals surface area (Å²) in [6, 6.07) is 10.9. The molecule has 2 N–H and O–H groups in total. The number of nitrogens with zero attached hydrogens (tertiary/aromatic N) is 5. The highest BCUT2D eigenvalue weighted by molar-refractivity contribution is 5.90. The van der Waals surface area contributed by atoms with Gasteiger partial charge in [0.15, 0.2) is 0 Å². The predicted molar refractivity (Wildman–Crippen MR) is 132 cm³/mol. The fraction of sp³-hybridized carbons (Fsp3) is 0.400. The number of carbonyl (C=O) groups is 1. The van der Waals surface area contributed by atoms with E-state index in [1.54, 1.807) is 12.1 Å². The molecule has 0 unspecified atom stereocenters. The first-order valence-electron chi connectivity index (χ1n) is 11.9. The van der Waals surface area contributed by atoms with Crippen LogP contribution in [0.25, 0.3) is 0 Å². The van der Waals surface area contributed by atoms with Gasteiger partial charge in [0.2, 0.25) is 11.9 Å². The highest BCUT2D eigenvalue weighted by Crippen LogP contribution is 2.38. The van der Waals surface area contributed by atoms with Crippen LogP contribution in [0.15, 0.2) is 47.5 Å². The standard InChI is InChI=1S/C25H29N7O2/c1-17-13-22(31-11-3-2-4-12-31)30-25(27-17)29-20-9-7-19(8-10-20)28-23(33)15-32-16-26-21(14-24(32)34)18-5-6-18/h7-10,13-14,16,18H,2-6,11-12,15H2,1H3,(H,28,33)(H,27,29,30). The van der Waals surface area contributed by atoms with E-state index in [4.69, 9.17) is 4.98 Å². The van der Waals surface area contributed by atoms with E-state index in [1.807, 2.05) is 25.1 Å². The van der Waals surface area contributed by atoms with Crippen LogP contribution in [0.3, 0.4) is 0 Å². The molecule has 176 valence electrons. The zero-order valence-corrected chi connectivity index (χ0v) is 19.3. The van der Waals surface area contributed by atoms with Gasteiger partial charge in [0.25, 0.3) is 5.56 Å². The van der Waals surface area contributed by atoms with Crippen LogP contribution in [-0.4, -0.2) is 38.5 Å². The van der Waals surface area contributed by atoms with Crippen LogP contribution in [0.5, 0.6) is 0 Å². The molecular formula is C25H29N7O2. The van der Waals surface area contributed by atoms with E-state index in [1.165, 1.54) is 36.2 Å². The number of amides is 1. The van der Waals surface area contributed by atoms with Gasteiger partial charge in [0.05, 0.1) is 12.0 Å². The lowest BCUT2D eigenvalue weighted by atomic mass is 10.1. The minimum atomic E-state index is -0.281. The topological polar surface area (TPSA) is 105 Å². The molecule has 5 rings (SSSR count). The second-order valence-electron chi connectivity index (χ2n) is 9.04. The average molecular weight is 460 g/mol. The van der Waals surface area contributed by atoms with E-state index < -0.39 is 0 Å². The maximum atomic E-state index is 12.4. The molecule has 0 bridgehead atoms. The molecule has 34 heavy (non-hydrogen) atoms. The zero-order chi connectivity index (χ0) is 23.5. The van der Waals surface area contributed by atoms with Crippen LogP contribution in [0.1, 0.15) is 49.4 Å². The second-order valence-corrected chi connectivity index (χ2v) is 9.04. The smallest absolute Gasteiger partial charge is 0.254 e. The summed E-state index contributed by atoms with van der Waals surface area (Å²) >= 11 is 0. The summed E-state index contributed by atoms with van der Waals surface area (Å²) in [5.74, 6) is 1.63.